The van der Waals surface area contributed by atoms with E-state index in [2.05, 4.69) is 28.8 Å². The van der Waals surface area contributed by atoms with E-state index < -0.39 is 10.0 Å². The fourth-order valence-electron chi connectivity index (χ4n) is 4.14. The van der Waals surface area contributed by atoms with Crippen LogP contribution in [0, 0.1) is 5.92 Å². The van der Waals surface area contributed by atoms with Crippen LogP contribution in [0.3, 0.4) is 0 Å². The molecule has 1 aromatic carbocycles. The van der Waals surface area contributed by atoms with Crippen LogP contribution < -0.4 is 19.5 Å². The first kappa shape index (κ1) is 24.8. The van der Waals surface area contributed by atoms with E-state index in [1.165, 1.54) is 12.1 Å². The van der Waals surface area contributed by atoms with E-state index in [4.69, 9.17) is 9.47 Å². The summed E-state index contributed by atoms with van der Waals surface area (Å²) < 4.78 is 38.5. The van der Waals surface area contributed by atoms with Gasteiger partial charge in [0.2, 0.25) is 15.9 Å². The van der Waals surface area contributed by atoms with Crippen LogP contribution in [0.1, 0.15) is 52.4 Å². The maximum atomic E-state index is 12.5. The van der Waals surface area contributed by atoms with Gasteiger partial charge >= 0.3 is 0 Å². The lowest BCUT2D eigenvalue weighted by Gasteiger charge is -2.33. The van der Waals surface area contributed by atoms with E-state index in [1.807, 2.05) is 0 Å². The number of rotatable bonds is 11. The normalized spacial score (nSPS) is 17.5. The molecular weight excluding hydrogens is 430 g/mol. The molecule has 2 N–H and O–H groups in total. The number of piperidine rings is 1. The molecule has 1 aromatic rings. The average molecular weight is 468 g/mol. The highest BCUT2D eigenvalue weighted by atomic mass is 32.2. The van der Waals surface area contributed by atoms with Gasteiger partial charge in [0, 0.05) is 44.7 Å². The van der Waals surface area contributed by atoms with Crippen molar-refractivity contribution in [3.63, 3.8) is 0 Å². The smallest absolute Gasteiger partial charge is 0.240 e. The Balaban J connectivity index is 1.28. The topological polar surface area (TPSA) is 97.0 Å². The van der Waals surface area contributed by atoms with Gasteiger partial charge in [-0.25, -0.2) is 13.1 Å². The van der Waals surface area contributed by atoms with Crippen LogP contribution in [0.2, 0.25) is 0 Å². The van der Waals surface area contributed by atoms with Gasteiger partial charge in [0.1, 0.15) is 13.2 Å². The summed E-state index contributed by atoms with van der Waals surface area (Å²) in [6.45, 7) is 8.90. The molecule has 32 heavy (non-hydrogen) atoms. The van der Waals surface area contributed by atoms with Gasteiger partial charge in [-0.05, 0) is 43.7 Å². The zero-order chi connectivity index (χ0) is 23.0. The summed E-state index contributed by atoms with van der Waals surface area (Å²) in [7, 11) is -3.60. The number of nitrogens with one attached hydrogen (secondary N) is 2. The second-order valence-corrected chi connectivity index (χ2v) is 10.8. The number of sulfonamides is 1. The quantitative estimate of drug-likeness (QED) is 0.486. The first-order valence-electron chi connectivity index (χ1n) is 11.7. The Morgan fingerprint density at radius 3 is 2.53 bits per heavy atom. The summed E-state index contributed by atoms with van der Waals surface area (Å²) in [5.74, 6) is 1.79. The van der Waals surface area contributed by atoms with Gasteiger partial charge in [-0.2, -0.15) is 0 Å². The molecule has 2 aliphatic heterocycles. The summed E-state index contributed by atoms with van der Waals surface area (Å²) in [4.78, 5) is 14.8. The zero-order valence-corrected chi connectivity index (χ0v) is 20.1. The average Bonchev–Trinajstić information content (AvgIpc) is 2.77. The molecular formula is C23H37N3O5S. The van der Waals surface area contributed by atoms with Gasteiger partial charge in [-0.3, -0.25) is 4.79 Å². The summed E-state index contributed by atoms with van der Waals surface area (Å²) in [6, 6.07) is 4.92. The highest BCUT2D eigenvalue weighted by Gasteiger charge is 2.21. The molecule has 0 bridgehead atoms. The number of carbonyl (C=O) groups is 1. The van der Waals surface area contributed by atoms with E-state index in [0.29, 0.717) is 50.0 Å². The van der Waals surface area contributed by atoms with Gasteiger partial charge < -0.3 is 19.7 Å². The lowest BCUT2D eigenvalue weighted by atomic mass is 10.0. The maximum absolute atomic E-state index is 12.5. The molecule has 2 aliphatic rings. The molecule has 1 saturated heterocycles. The van der Waals surface area contributed by atoms with Crippen LogP contribution in [0.4, 0.5) is 0 Å². The largest absolute Gasteiger partial charge is 0.486 e. The Labute approximate surface area is 192 Å². The third-order valence-electron chi connectivity index (χ3n) is 5.77. The molecule has 0 spiro atoms. The van der Waals surface area contributed by atoms with Crippen LogP contribution >= 0.6 is 0 Å². The zero-order valence-electron chi connectivity index (χ0n) is 19.3. The highest BCUT2D eigenvalue weighted by Crippen LogP contribution is 2.32. The van der Waals surface area contributed by atoms with Crippen molar-refractivity contribution in [1.82, 2.24) is 14.9 Å². The lowest BCUT2D eigenvalue weighted by Crippen LogP contribution is -2.45. The number of hydrogen-bond donors (Lipinski definition) is 2. The number of amides is 1. The molecule has 0 unspecified atom stereocenters. The molecule has 0 atom stereocenters. The standard InChI is InChI=1S/C23H37N3O5S/c1-18(2)17-26-12-9-19(10-13-26)25-23(27)6-4-3-5-11-24-32(28,29)20-7-8-21-22(16-20)31-15-14-30-21/h7-8,16,18-19,24H,3-6,9-15,17H2,1-2H3,(H,25,27). The number of carbonyl (C=O) groups excluding carboxylic acids is 1. The Bertz CT molecular complexity index is 851. The fourth-order valence-corrected chi connectivity index (χ4v) is 5.23. The molecule has 3 rings (SSSR count). The van der Waals surface area contributed by atoms with Crippen molar-refractivity contribution in [2.75, 3.05) is 39.4 Å². The molecule has 2 heterocycles. The Morgan fingerprint density at radius 2 is 1.81 bits per heavy atom. The minimum atomic E-state index is -3.60. The van der Waals surface area contributed by atoms with Crippen LogP contribution in [0.15, 0.2) is 23.1 Å². The second kappa shape index (κ2) is 11.9. The molecule has 1 amide bonds. The van der Waals surface area contributed by atoms with Gasteiger partial charge in [-0.1, -0.05) is 20.3 Å². The number of nitrogens with zero attached hydrogens (tertiary/aromatic N) is 1. The maximum Gasteiger partial charge on any atom is 0.240 e. The van der Waals surface area contributed by atoms with Gasteiger partial charge in [0.25, 0.3) is 0 Å². The molecule has 9 heteroatoms. The number of unbranched alkanes of at least 4 members (excludes halogenated alkanes) is 2. The number of ether oxygens (including phenoxy) is 2. The minimum absolute atomic E-state index is 0.101. The Hall–Kier alpha value is -1.84. The second-order valence-electron chi connectivity index (χ2n) is 9.05. The molecule has 8 nitrogen and oxygen atoms in total. The van der Waals surface area contributed by atoms with E-state index in [0.717, 1.165) is 45.3 Å². The van der Waals surface area contributed by atoms with Crippen LogP contribution in [-0.4, -0.2) is 64.7 Å². The summed E-state index contributed by atoms with van der Waals surface area (Å²) >= 11 is 0. The Morgan fingerprint density at radius 1 is 1.09 bits per heavy atom. The van der Waals surface area contributed by atoms with Crippen molar-refractivity contribution in [2.45, 2.75) is 63.3 Å². The van der Waals surface area contributed by atoms with E-state index in [-0.39, 0.29) is 16.8 Å². The molecule has 180 valence electrons. The molecule has 1 fully saturated rings. The number of benzene rings is 1. The van der Waals surface area contributed by atoms with E-state index in [9.17, 15) is 13.2 Å². The molecule has 0 radical (unpaired) electrons. The van der Waals surface area contributed by atoms with Crippen LogP contribution in [0.5, 0.6) is 11.5 Å². The minimum Gasteiger partial charge on any atom is -0.486 e. The molecule has 0 aromatic heterocycles. The summed E-state index contributed by atoms with van der Waals surface area (Å²) in [5, 5.41) is 3.16. The predicted molar refractivity (Wildman–Crippen MR) is 124 cm³/mol. The third-order valence-corrected chi connectivity index (χ3v) is 7.23. The van der Waals surface area contributed by atoms with Crippen LogP contribution in [0.25, 0.3) is 0 Å². The highest BCUT2D eigenvalue weighted by molar-refractivity contribution is 7.89. The van der Waals surface area contributed by atoms with Crippen LogP contribution in [-0.2, 0) is 14.8 Å². The first-order valence-corrected chi connectivity index (χ1v) is 13.2. The fraction of sp³-hybridized carbons (Fsp3) is 0.696. The molecule has 0 aliphatic carbocycles. The SMILES string of the molecule is CC(C)CN1CCC(NC(=O)CCCCCNS(=O)(=O)c2ccc3c(c2)OCCO3)CC1. The summed E-state index contributed by atoms with van der Waals surface area (Å²) in [5.41, 5.74) is 0. The van der Waals surface area contributed by atoms with Crippen molar-refractivity contribution >= 4 is 15.9 Å². The van der Waals surface area contributed by atoms with Crippen molar-refractivity contribution < 1.29 is 22.7 Å². The van der Waals surface area contributed by atoms with Gasteiger partial charge in [0.15, 0.2) is 11.5 Å². The van der Waals surface area contributed by atoms with E-state index in [1.54, 1.807) is 6.07 Å². The van der Waals surface area contributed by atoms with Crippen molar-refractivity contribution in [3.8, 4) is 11.5 Å². The van der Waals surface area contributed by atoms with Crippen molar-refractivity contribution in [2.24, 2.45) is 5.92 Å². The van der Waals surface area contributed by atoms with E-state index >= 15 is 0 Å². The van der Waals surface area contributed by atoms with Gasteiger partial charge in [-0.15, -0.1) is 0 Å². The summed E-state index contributed by atoms with van der Waals surface area (Å²) in [6.07, 6.45) is 4.75. The number of hydrogen-bond acceptors (Lipinski definition) is 6. The number of fused-ring (bicyclic) bond motifs is 1. The predicted octanol–water partition coefficient (Wildman–Crippen LogP) is 2.53. The van der Waals surface area contributed by atoms with Crippen molar-refractivity contribution in [1.29, 1.82) is 0 Å². The Kier molecular flexibility index (Phi) is 9.19. The lowest BCUT2D eigenvalue weighted by molar-refractivity contribution is -0.122. The molecule has 0 saturated carbocycles. The monoisotopic (exact) mass is 467 g/mol. The first-order chi connectivity index (χ1) is 15.3. The third kappa shape index (κ3) is 7.64. The van der Waals surface area contributed by atoms with Gasteiger partial charge in [0.05, 0.1) is 4.90 Å². The van der Waals surface area contributed by atoms with Crippen molar-refractivity contribution in [3.05, 3.63) is 18.2 Å². The number of likely N-dealkylation sites (tertiary alicyclic amines) is 1.